The average Bonchev–Trinajstić information content (AvgIpc) is 3.24. The summed E-state index contributed by atoms with van der Waals surface area (Å²) in [5, 5.41) is 3.32. The summed E-state index contributed by atoms with van der Waals surface area (Å²) in [4.78, 5) is 28.3. The van der Waals surface area contributed by atoms with Crippen molar-refractivity contribution < 1.29 is 4.79 Å². The number of rotatable bonds is 5. The van der Waals surface area contributed by atoms with Crippen molar-refractivity contribution in [3.05, 3.63) is 60.9 Å². The molecule has 1 N–H and O–H groups in total. The molecule has 0 unspecified atom stereocenters. The molecule has 0 spiro atoms. The van der Waals surface area contributed by atoms with E-state index < -0.39 is 0 Å². The highest BCUT2D eigenvalue weighted by atomic mass is 16.2. The number of carbonyl (C=O) groups excluding carboxylic acids is 1. The molecule has 1 aliphatic heterocycles. The third-order valence-electron chi connectivity index (χ3n) is 4.65. The van der Waals surface area contributed by atoms with Gasteiger partial charge in [-0.25, -0.2) is 15.0 Å². The molecule has 138 valence electrons. The third-order valence-corrected chi connectivity index (χ3v) is 4.65. The first-order valence-corrected chi connectivity index (χ1v) is 8.81. The van der Waals surface area contributed by atoms with Crippen LogP contribution in [-0.4, -0.2) is 57.0 Å². The number of hydrogen-bond acceptors (Lipinski definition) is 6. The van der Waals surface area contributed by atoms with Gasteiger partial charge in [0, 0.05) is 50.8 Å². The minimum atomic E-state index is 0.104. The molecule has 1 aromatic carbocycles. The van der Waals surface area contributed by atoms with Crippen LogP contribution in [-0.2, 0) is 11.3 Å². The Bertz CT molecular complexity index is 908. The van der Waals surface area contributed by atoms with Crippen molar-refractivity contribution in [1.82, 2.24) is 24.4 Å². The van der Waals surface area contributed by atoms with Crippen molar-refractivity contribution in [2.45, 2.75) is 6.54 Å². The maximum absolute atomic E-state index is 11.9. The van der Waals surface area contributed by atoms with Crippen molar-refractivity contribution in [3.8, 4) is 5.69 Å². The van der Waals surface area contributed by atoms with Crippen LogP contribution in [0.5, 0.6) is 0 Å². The highest BCUT2D eigenvalue weighted by Crippen LogP contribution is 2.17. The maximum Gasteiger partial charge on any atom is 0.241 e. The maximum atomic E-state index is 11.9. The van der Waals surface area contributed by atoms with Crippen molar-refractivity contribution >= 4 is 17.5 Å². The van der Waals surface area contributed by atoms with Gasteiger partial charge < -0.3 is 19.7 Å². The van der Waals surface area contributed by atoms with Crippen LogP contribution in [0.1, 0.15) is 5.56 Å². The third kappa shape index (κ3) is 3.89. The Morgan fingerprint density at radius 2 is 2.00 bits per heavy atom. The second kappa shape index (κ2) is 7.45. The van der Waals surface area contributed by atoms with Crippen LogP contribution in [0.2, 0.25) is 0 Å². The van der Waals surface area contributed by atoms with E-state index in [0.29, 0.717) is 19.6 Å². The van der Waals surface area contributed by atoms with Gasteiger partial charge in [0.25, 0.3) is 0 Å². The van der Waals surface area contributed by atoms with E-state index in [9.17, 15) is 4.79 Å². The van der Waals surface area contributed by atoms with Crippen molar-refractivity contribution in [2.75, 3.05) is 36.9 Å². The number of aromatic nitrogens is 4. The molecular weight excluding hydrogens is 342 g/mol. The molecule has 27 heavy (non-hydrogen) atoms. The normalized spacial score (nSPS) is 14.5. The lowest BCUT2D eigenvalue weighted by atomic mass is 10.2. The van der Waals surface area contributed by atoms with E-state index in [-0.39, 0.29) is 5.91 Å². The SMILES string of the molecule is CN1CCN(c2cc(NCc3ccc(-n4ccnc4)cc3)ncn2)CC1=O. The Kier molecular flexibility index (Phi) is 4.69. The molecule has 4 rings (SSSR count). The number of amides is 1. The molecule has 1 saturated heterocycles. The zero-order chi connectivity index (χ0) is 18.6. The quantitative estimate of drug-likeness (QED) is 0.741. The van der Waals surface area contributed by atoms with E-state index in [2.05, 4.69) is 44.5 Å². The summed E-state index contributed by atoms with van der Waals surface area (Å²) in [7, 11) is 1.82. The van der Waals surface area contributed by atoms with E-state index in [0.717, 1.165) is 29.4 Å². The smallest absolute Gasteiger partial charge is 0.241 e. The Morgan fingerprint density at radius 3 is 2.74 bits per heavy atom. The van der Waals surface area contributed by atoms with Gasteiger partial charge in [0.2, 0.25) is 5.91 Å². The first-order valence-electron chi connectivity index (χ1n) is 8.81. The number of piperazine rings is 1. The summed E-state index contributed by atoms with van der Waals surface area (Å²) in [5.74, 6) is 1.61. The summed E-state index contributed by atoms with van der Waals surface area (Å²) >= 11 is 0. The number of imidazole rings is 1. The lowest BCUT2D eigenvalue weighted by Gasteiger charge is -2.32. The Morgan fingerprint density at radius 1 is 1.15 bits per heavy atom. The fraction of sp³-hybridized carbons (Fsp3) is 0.263. The van der Waals surface area contributed by atoms with Gasteiger partial charge in [0.05, 0.1) is 12.9 Å². The zero-order valence-electron chi connectivity index (χ0n) is 15.1. The van der Waals surface area contributed by atoms with Crippen molar-refractivity contribution in [2.24, 2.45) is 0 Å². The van der Waals surface area contributed by atoms with Crippen LogP contribution < -0.4 is 10.2 Å². The minimum Gasteiger partial charge on any atom is -0.366 e. The van der Waals surface area contributed by atoms with Crippen LogP contribution >= 0.6 is 0 Å². The number of hydrogen-bond donors (Lipinski definition) is 1. The molecule has 3 heterocycles. The number of nitrogens with one attached hydrogen (secondary N) is 1. The predicted octanol–water partition coefficient (Wildman–Crippen LogP) is 1.55. The van der Waals surface area contributed by atoms with E-state index in [4.69, 9.17) is 0 Å². The largest absolute Gasteiger partial charge is 0.366 e. The van der Waals surface area contributed by atoms with Crippen LogP contribution in [0, 0.1) is 0 Å². The molecule has 1 aliphatic rings. The first kappa shape index (κ1) is 17.0. The number of likely N-dealkylation sites (N-methyl/N-ethyl adjacent to an activating group) is 1. The van der Waals surface area contributed by atoms with E-state index in [1.54, 1.807) is 17.4 Å². The molecule has 0 aliphatic carbocycles. The summed E-state index contributed by atoms with van der Waals surface area (Å²) < 4.78 is 1.96. The predicted molar refractivity (Wildman–Crippen MR) is 103 cm³/mol. The van der Waals surface area contributed by atoms with Crippen molar-refractivity contribution in [3.63, 3.8) is 0 Å². The van der Waals surface area contributed by atoms with E-state index >= 15 is 0 Å². The highest BCUT2D eigenvalue weighted by Gasteiger charge is 2.22. The van der Waals surface area contributed by atoms with Gasteiger partial charge in [-0.1, -0.05) is 12.1 Å². The second-order valence-corrected chi connectivity index (χ2v) is 6.49. The topological polar surface area (TPSA) is 79.2 Å². The molecule has 1 fully saturated rings. The molecule has 8 nitrogen and oxygen atoms in total. The lowest BCUT2D eigenvalue weighted by Crippen LogP contribution is -2.48. The van der Waals surface area contributed by atoms with E-state index in [1.807, 2.05) is 28.8 Å². The van der Waals surface area contributed by atoms with Gasteiger partial charge in [-0.3, -0.25) is 4.79 Å². The van der Waals surface area contributed by atoms with Gasteiger partial charge in [0.1, 0.15) is 18.0 Å². The number of anilines is 2. The van der Waals surface area contributed by atoms with Gasteiger partial charge in [-0.15, -0.1) is 0 Å². The molecule has 0 saturated carbocycles. The number of nitrogens with zero attached hydrogens (tertiary/aromatic N) is 6. The Balaban J connectivity index is 1.39. The fourth-order valence-electron chi connectivity index (χ4n) is 2.96. The van der Waals surface area contributed by atoms with Gasteiger partial charge >= 0.3 is 0 Å². The minimum absolute atomic E-state index is 0.104. The molecule has 0 bridgehead atoms. The average molecular weight is 363 g/mol. The van der Waals surface area contributed by atoms with Crippen LogP contribution in [0.3, 0.4) is 0 Å². The van der Waals surface area contributed by atoms with Gasteiger partial charge in [0.15, 0.2) is 0 Å². The molecule has 0 radical (unpaired) electrons. The van der Waals surface area contributed by atoms with Crippen LogP contribution in [0.25, 0.3) is 5.69 Å². The lowest BCUT2D eigenvalue weighted by molar-refractivity contribution is -0.129. The van der Waals surface area contributed by atoms with Gasteiger partial charge in [-0.05, 0) is 17.7 Å². The first-order chi connectivity index (χ1) is 13.2. The summed E-state index contributed by atoms with van der Waals surface area (Å²) in [6, 6.07) is 10.1. The van der Waals surface area contributed by atoms with Crippen LogP contribution in [0.4, 0.5) is 11.6 Å². The summed E-state index contributed by atoms with van der Waals surface area (Å²) in [5.41, 5.74) is 2.22. The standard InChI is InChI=1S/C19H21N7O/c1-24-8-9-25(12-19(24)27)18-10-17(22-13-23-18)21-11-15-2-4-16(5-3-15)26-7-6-20-14-26/h2-7,10,13-14H,8-9,11-12H2,1H3,(H,21,22,23). The molecule has 2 aromatic heterocycles. The molecule has 3 aromatic rings. The monoisotopic (exact) mass is 363 g/mol. The molecule has 8 heteroatoms. The number of benzene rings is 1. The fourth-order valence-corrected chi connectivity index (χ4v) is 2.96. The zero-order valence-corrected chi connectivity index (χ0v) is 15.1. The van der Waals surface area contributed by atoms with Crippen molar-refractivity contribution in [1.29, 1.82) is 0 Å². The summed E-state index contributed by atoms with van der Waals surface area (Å²) in [6.07, 6.45) is 6.98. The van der Waals surface area contributed by atoms with Gasteiger partial charge in [-0.2, -0.15) is 0 Å². The second-order valence-electron chi connectivity index (χ2n) is 6.49. The number of carbonyl (C=O) groups is 1. The molecule has 1 amide bonds. The molecule has 0 atom stereocenters. The highest BCUT2D eigenvalue weighted by molar-refractivity contribution is 5.82. The summed E-state index contributed by atoms with van der Waals surface area (Å²) in [6.45, 7) is 2.48. The Labute approximate surface area is 157 Å². The molecular formula is C19H21N7O. The van der Waals surface area contributed by atoms with E-state index in [1.165, 1.54) is 6.33 Å². The Hall–Kier alpha value is -3.42. The van der Waals surface area contributed by atoms with Crippen LogP contribution in [0.15, 0.2) is 55.4 Å².